The zero-order valence-electron chi connectivity index (χ0n) is 8.39. The molecule has 78 valence electrons. The fraction of sp³-hybridized carbons (Fsp3) is 0.300. The summed E-state index contributed by atoms with van der Waals surface area (Å²) in [6.07, 6.45) is 3.56. The number of aryl methyl sites for hydroxylation is 1. The van der Waals surface area contributed by atoms with Crippen molar-refractivity contribution in [1.82, 2.24) is 20.0 Å². The second-order valence-electron chi connectivity index (χ2n) is 3.28. The van der Waals surface area contributed by atoms with E-state index in [1.54, 1.807) is 12.4 Å². The van der Waals surface area contributed by atoms with Crippen molar-refractivity contribution in [3.05, 3.63) is 41.5 Å². The molecule has 5 heteroatoms. The first-order valence-electron chi connectivity index (χ1n) is 4.65. The number of halogens is 1. The summed E-state index contributed by atoms with van der Waals surface area (Å²) in [4.78, 5) is 4.32. The van der Waals surface area contributed by atoms with E-state index in [-0.39, 0.29) is 0 Å². The van der Waals surface area contributed by atoms with Crippen LogP contribution in [0, 0.1) is 6.92 Å². The minimum atomic E-state index is 0.674. The molecule has 2 rings (SSSR count). The Morgan fingerprint density at radius 2 is 2.33 bits per heavy atom. The van der Waals surface area contributed by atoms with Crippen LogP contribution in [0.25, 0.3) is 0 Å². The molecule has 0 bridgehead atoms. The van der Waals surface area contributed by atoms with Gasteiger partial charge in [0, 0.05) is 11.5 Å². The van der Waals surface area contributed by atoms with E-state index in [9.17, 15) is 0 Å². The molecular formula is C10H11BrN4. The second kappa shape index (κ2) is 4.53. The van der Waals surface area contributed by atoms with Crippen molar-refractivity contribution in [2.24, 2.45) is 0 Å². The van der Waals surface area contributed by atoms with Crippen molar-refractivity contribution in [3.8, 4) is 0 Å². The fourth-order valence-corrected chi connectivity index (χ4v) is 1.78. The monoisotopic (exact) mass is 266 g/mol. The lowest BCUT2D eigenvalue weighted by Crippen LogP contribution is -2.08. The summed E-state index contributed by atoms with van der Waals surface area (Å²) in [7, 11) is 0. The lowest BCUT2D eigenvalue weighted by atomic mass is 10.2. The van der Waals surface area contributed by atoms with Crippen LogP contribution in [0.4, 0.5) is 0 Å². The molecule has 2 aromatic heterocycles. The van der Waals surface area contributed by atoms with Crippen molar-refractivity contribution in [2.45, 2.75) is 18.8 Å². The van der Waals surface area contributed by atoms with Crippen LogP contribution in [0.2, 0.25) is 0 Å². The lowest BCUT2D eigenvalue weighted by Gasteiger charge is -2.05. The van der Waals surface area contributed by atoms with Crippen molar-refractivity contribution < 1.29 is 0 Å². The molecule has 0 unspecified atom stereocenters. The molecule has 0 radical (unpaired) electrons. The van der Waals surface area contributed by atoms with Gasteiger partial charge >= 0.3 is 0 Å². The quantitative estimate of drug-likeness (QED) is 0.798. The van der Waals surface area contributed by atoms with Crippen LogP contribution in [-0.2, 0) is 11.9 Å². The third-order valence-corrected chi connectivity index (χ3v) is 2.83. The van der Waals surface area contributed by atoms with Crippen LogP contribution in [0.5, 0.6) is 0 Å². The van der Waals surface area contributed by atoms with Gasteiger partial charge in [-0.25, -0.2) is 4.68 Å². The van der Waals surface area contributed by atoms with Gasteiger partial charge in [-0.15, -0.1) is 5.10 Å². The van der Waals surface area contributed by atoms with Crippen LogP contribution in [-0.4, -0.2) is 20.0 Å². The maximum absolute atomic E-state index is 4.32. The Morgan fingerprint density at radius 1 is 1.47 bits per heavy atom. The average molecular weight is 267 g/mol. The summed E-state index contributed by atoms with van der Waals surface area (Å²) < 4.78 is 1.85. The summed E-state index contributed by atoms with van der Waals surface area (Å²) >= 11 is 3.40. The first-order chi connectivity index (χ1) is 7.31. The predicted octanol–water partition coefficient (Wildman–Crippen LogP) is 1.92. The number of pyridine rings is 1. The van der Waals surface area contributed by atoms with Gasteiger partial charge in [-0.05, 0) is 18.6 Å². The smallest absolute Gasteiger partial charge is 0.0855 e. The van der Waals surface area contributed by atoms with E-state index >= 15 is 0 Å². The van der Waals surface area contributed by atoms with Crippen molar-refractivity contribution >= 4 is 15.9 Å². The van der Waals surface area contributed by atoms with E-state index < -0.39 is 0 Å². The molecule has 0 N–H and O–H groups in total. The maximum Gasteiger partial charge on any atom is 0.0855 e. The minimum absolute atomic E-state index is 0.674. The zero-order chi connectivity index (χ0) is 10.7. The van der Waals surface area contributed by atoms with Gasteiger partial charge in [0.25, 0.3) is 0 Å². The number of aromatic nitrogens is 4. The molecule has 0 aliphatic heterocycles. The van der Waals surface area contributed by atoms with E-state index in [1.165, 1.54) is 5.56 Å². The first kappa shape index (κ1) is 10.3. The third-order valence-electron chi connectivity index (χ3n) is 2.25. The highest BCUT2D eigenvalue weighted by Gasteiger charge is 2.05. The summed E-state index contributed by atoms with van der Waals surface area (Å²) in [5, 5.41) is 8.65. The largest absolute Gasteiger partial charge is 0.259 e. The van der Waals surface area contributed by atoms with Crippen LogP contribution in [0.3, 0.4) is 0 Å². The van der Waals surface area contributed by atoms with E-state index in [0.29, 0.717) is 6.54 Å². The lowest BCUT2D eigenvalue weighted by molar-refractivity contribution is 0.619. The van der Waals surface area contributed by atoms with Gasteiger partial charge in [0.05, 0.1) is 24.1 Å². The van der Waals surface area contributed by atoms with E-state index in [0.717, 1.165) is 16.7 Å². The molecule has 2 heterocycles. The minimum Gasteiger partial charge on any atom is -0.259 e. The van der Waals surface area contributed by atoms with Gasteiger partial charge in [0.1, 0.15) is 0 Å². The van der Waals surface area contributed by atoms with Crippen molar-refractivity contribution in [3.63, 3.8) is 0 Å². The Kier molecular flexibility index (Phi) is 3.11. The molecular weight excluding hydrogens is 256 g/mol. The number of hydrogen-bond donors (Lipinski definition) is 0. The number of hydrogen-bond acceptors (Lipinski definition) is 3. The average Bonchev–Trinajstić information content (AvgIpc) is 2.69. The van der Waals surface area contributed by atoms with E-state index in [1.807, 2.05) is 23.7 Å². The molecule has 0 spiro atoms. The third kappa shape index (κ3) is 2.23. The molecule has 0 saturated carbocycles. The van der Waals surface area contributed by atoms with Gasteiger partial charge in [-0.3, -0.25) is 4.98 Å². The zero-order valence-corrected chi connectivity index (χ0v) is 9.98. The summed E-state index contributed by atoms with van der Waals surface area (Å²) in [5.74, 6) is 0. The van der Waals surface area contributed by atoms with E-state index in [2.05, 4.69) is 31.2 Å². The molecule has 0 amide bonds. The highest BCUT2D eigenvalue weighted by Crippen LogP contribution is 2.08. The fourth-order valence-electron chi connectivity index (χ4n) is 1.34. The Bertz CT molecular complexity index is 452. The topological polar surface area (TPSA) is 43.6 Å². The normalized spacial score (nSPS) is 10.5. The number of alkyl halides is 1. The Labute approximate surface area is 96.5 Å². The van der Waals surface area contributed by atoms with Gasteiger partial charge < -0.3 is 0 Å². The number of nitrogens with zero attached hydrogens (tertiary/aromatic N) is 4. The Hall–Kier alpha value is -1.23. The Morgan fingerprint density at radius 3 is 3.07 bits per heavy atom. The van der Waals surface area contributed by atoms with Gasteiger partial charge in [0.15, 0.2) is 0 Å². The molecule has 0 saturated heterocycles. The van der Waals surface area contributed by atoms with Crippen LogP contribution in [0.1, 0.15) is 17.0 Å². The van der Waals surface area contributed by atoms with Crippen LogP contribution >= 0.6 is 15.9 Å². The molecule has 0 atom stereocenters. The van der Waals surface area contributed by atoms with Crippen molar-refractivity contribution in [1.29, 1.82) is 0 Å². The molecule has 2 aromatic rings. The molecule has 0 fully saturated rings. The molecule has 0 aromatic carbocycles. The van der Waals surface area contributed by atoms with E-state index in [4.69, 9.17) is 0 Å². The van der Waals surface area contributed by atoms with Crippen LogP contribution in [0.15, 0.2) is 24.5 Å². The summed E-state index contributed by atoms with van der Waals surface area (Å²) in [6, 6.07) is 3.98. The number of rotatable bonds is 3. The first-order valence-corrected chi connectivity index (χ1v) is 5.77. The highest BCUT2D eigenvalue weighted by molar-refractivity contribution is 9.08. The van der Waals surface area contributed by atoms with Crippen LogP contribution < -0.4 is 0 Å². The second-order valence-corrected chi connectivity index (χ2v) is 3.84. The van der Waals surface area contributed by atoms with Gasteiger partial charge in [0.2, 0.25) is 0 Å². The predicted molar refractivity (Wildman–Crippen MR) is 60.7 cm³/mol. The molecule has 15 heavy (non-hydrogen) atoms. The summed E-state index contributed by atoms with van der Waals surface area (Å²) in [6.45, 7) is 2.72. The highest BCUT2D eigenvalue weighted by atomic mass is 79.9. The van der Waals surface area contributed by atoms with Gasteiger partial charge in [-0.2, -0.15) is 0 Å². The Balaban J connectivity index is 2.26. The maximum atomic E-state index is 4.32. The van der Waals surface area contributed by atoms with Gasteiger partial charge in [-0.1, -0.05) is 27.2 Å². The SMILES string of the molecule is Cc1cccnc1Cn1nncc1CBr. The standard InChI is InChI=1S/C10H11BrN4/c1-8-3-2-4-12-10(8)7-15-9(5-11)6-13-14-15/h2-4,6H,5,7H2,1H3. The molecule has 4 nitrogen and oxygen atoms in total. The summed E-state index contributed by atoms with van der Waals surface area (Å²) in [5.41, 5.74) is 3.26. The molecule has 0 aliphatic rings. The molecule has 0 aliphatic carbocycles. The van der Waals surface area contributed by atoms with Crippen molar-refractivity contribution in [2.75, 3.05) is 0 Å².